The molecule has 1 aromatic rings. The van der Waals surface area contributed by atoms with Gasteiger partial charge in [-0.3, -0.25) is 0 Å². The van der Waals surface area contributed by atoms with Crippen molar-refractivity contribution in [2.24, 2.45) is 0 Å². The minimum Gasteiger partial charge on any atom is -0.475 e. The molecule has 2 rings (SSSR count). The highest BCUT2D eigenvalue weighted by Crippen LogP contribution is 2.44. The topological polar surface area (TPSA) is 35.5 Å². The summed E-state index contributed by atoms with van der Waals surface area (Å²) in [7, 11) is 0. The molecule has 0 aliphatic carbocycles. The molecule has 1 aliphatic heterocycles. The van der Waals surface area contributed by atoms with Crippen LogP contribution in [0, 0.1) is 20.6 Å². The second-order valence-electron chi connectivity index (χ2n) is 4.79. The molecule has 0 radical (unpaired) electrons. The molecule has 7 heteroatoms. The van der Waals surface area contributed by atoms with Crippen molar-refractivity contribution in [3.05, 3.63) is 32.3 Å². The predicted octanol–water partition coefficient (Wildman–Crippen LogP) is 4.64. The van der Waals surface area contributed by atoms with E-state index < -0.39 is 60.0 Å². The van der Waals surface area contributed by atoms with Gasteiger partial charge < -0.3 is 9.47 Å². The average Bonchev–Trinajstić information content (AvgIpc) is 2.51. The van der Waals surface area contributed by atoms with Crippen molar-refractivity contribution in [3.8, 4) is 5.75 Å². The largest absolute Gasteiger partial charge is 0.475 e. The average molecular weight is 399 g/mol. The van der Waals surface area contributed by atoms with E-state index in [0.717, 1.165) is 0 Å². The Hall–Kier alpha value is -1.50. The molecule has 3 nitrogen and oxygen atoms in total. The Morgan fingerprint density at radius 1 is 1.39 bits per heavy atom. The molecule has 0 saturated carbocycles. The fraction of sp³-hybridized carbons (Fsp3) is 0.438. The molecule has 0 fully saturated rings. The highest BCUT2D eigenvalue weighted by atomic mass is 79.9. The van der Waals surface area contributed by atoms with Crippen molar-refractivity contribution in [3.63, 3.8) is 0 Å². The first kappa shape index (κ1) is 11.1. The van der Waals surface area contributed by atoms with E-state index >= 15 is 0 Å². The van der Waals surface area contributed by atoms with Gasteiger partial charge in [0.05, 0.1) is 12.2 Å². The quantitative estimate of drug-likeness (QED) is 0.680. The van der Waals surface area contributed by atoms with E-state index in [9.17, 15) is 18.0 Å². The summed E-state index contributed by atoms with van der Waals surface area (Å²) >= 11 is 3.05. The van der Waals surface area contributed by atoms with E-state index in [1.54, 1.807) is 0 Å². The molecule has 0 spiro atoms. The smallest absolute Gasteiger partial charge is 0.430 e. The molecule has 0 saturated heterocycles. The van der Waals surface area contributed by atoms with E-state index in [0.29, 0.717) is 6.08 Å². The number of carbonyl (C=O) groups excluding carboxylic acids is 1. The molecular weight excluding hydrogens is 377 g/mol. The number of rotatable bonds is 2. The maximum atomic E-state index is 13.6. The molecule has 1 heterocycles. The van der Waals surface area contributed by atoms with Gasteiger partial charge in [-0.2, -0.15) is 13.2 Å². The lowest BCUT2D eigenvalue weighted by Gasteiger charge is -2.30. The van der Waals surface area contributed by atoms with E-state index in [2.05, 4.69) is 20.7 Å². The summed E-state index contributed by atoms with van der Waals surface area (Å²) in [5.74, 6) is -2.09. The highest BCUT2D eigenvalue weighted by Gasteiger charge is 2.49. The maximum Gasteiger partial charge on any atom is 0.430 e. The Morgan fingerprint density at radius 3 is 2.57 bits per heavy atom. The van der Waals surface area contributed by atoms with Crippen LogP contribution in [0.4, 0.5) is 13.2 Å². The van der Waals surface area contributed by atoms with Crippen LogP contribution in [0.2, 0.25) is 0 Å². The lowest BCUT2D eigenvalue weighted by molar-refractivity contribution is -0.188. The second-order valence-corrected chi connectivity index (χ2v) is 5.58. The molecule has 1 atom stereocenters. The van der Waals surface area contributed by atoms with Crippen molar-refractivity contribution in [1.82, 2.24) is 0 Å². The van der Waals surface area contributed by atoms with Crippen molar-refractivity contribution >= 4 is 28.0 Å². The van der Waals surface area contributed by atoms with Crippen LogP contribution in [-0.2, 0) is 9.53 Å². The molecular formula is C16H16BrF3O3. The van der Waals surface area contributed by atoms with Crippen LogP contribution < -0.4 is 4.74 Å². The molecule has 0 amide bonds. The zero-order chi connectivity index (χ0) is 22.5. The summed E-state index contributed by atoms with van der Waals surface area (Å²) in [6.45, 7) is -3.32. The first-order valence-corrected chi connectivity index (χ1v) is 7.30. The van der Waals surface area contributed by atoms with Crippen molar-refractivity contribution in [2.75, 3.05) is 6.61 Å². The summed E-state index contributed by atoms with van der Waals surface area (Å²) in [5.41, 5.74) is -2.52. The SMILES string of the molecule is [2H]C([2H])([2H])c1c(Br)c(C)c(C([2H])([2H])[2H])c2c1C=C(C(=O)OCC)C(C(F)(F)F)O2. The van der Waals surface area contributed by atoms with Crippen LogP contribution in [0.25, 0.3) is 6.08 Å². The van der Waals surface area contributed by atoms with Crippen LogP contribution in [0.1, 0.15) is 37.4 Å². The van der Waals surface area contributed by atoms with E-state index in [1.807, 2.05) is 0 Å². The molecule has 23 heavy (non-hydrogen) atoms. The van der Waals surface area contributed by atoms with Crippen LogP contribution in [0.3, 0.4) is 0 Å². The number of carbonyl (C=O) groups is 1. The maximum absolute atomic E-state index is 13.6. The van der Waals surface area contributed by atoms with Crippen LogP contribution in [0.15, 0.2) is 10.0 Å². The summed E-state index contributed by atoms with van der Waals surface area (Å²) in [6, 6.07) is 0. The lowest BCUT2D eigenvalue weighted by Crippen LogP contribution is -2.41. The summed E-state index contributed by atoms with van der Waals surface area (Å²) in [6.07, 6.45) is -7.19. The number of alkyl halides is 3. The molecule has 126 valence electrons. The third-order valence-electron chi connectivity index (χ3n) is 3.29. The van der Waals surface area contributed by atoms with Gasteiger partial charge in [0.15, 0.2) is 0 Å². The van der Waals surface area contributed by atoms with Gasteiger partial charge >= 0.3 is 12.1 Å². The zero-order valence-electron chi connectivity index (χ0n) is 18.1. The Bertz CT molecular complexity index is 875. The number of fused-ring (bicyclic) bond motifs is 1. The fourth-order valence-corrected chi connectivity index (χ4v) is 2.54. The fourth-order valence-electron chi connectivity index (χ4n) is 2.13. The van der Waals surface area contributed by atoms with Gasteiger partial charge in [-0.15, -0.1) is 0 Å². The first-order valence-electron chi connectivity index (χ1n) is 9.50. The third-order valence-corrected chi connectivity index (χ3v) is 4.28. The molecule has 1 unspecified atom stereocenters. The van der Waals surface area contributed by atoms with Gasteiger partial charge in [0.1, 0.15) is 5.75 Å². The first-order chi connectivity index (χ1) is 13.0. The van der Waals surface area contributed by atoms with E-state index in [4.69, 9.17) is 13.0 Å². The summed E-state index contributed by atoms with van der Waals surface area (Å²) in [5, 5.41) is 0. The van der Waals surface area contributed by atoms with Gasteiger partial charge in [0.25, 0.3) is 0 Å². The number of esters is 1. The standard InChI is InChI=1S/C16H16BrF3O3/c1-5-22-15(21)11-6-10-9(4)12(17)7(2)8(3)13(10)23-14(11)16(18,19)20/h6,14H,5H2,1-4H3/i3D3,4D3. The number of halogens is 4. The number of benzene rings is 1. The van der Waals surface area contributed by atoms with Crippen LogP contribution >= 0.6 is 15.9 Å². The van der Waals surface area contributed by atoms with Gasteiger partial charge in [0.2, 0.25) is 6.10 Å². The van der Waals surface area contributed by atoms with Crippen molar-refractivity contribution in [2.45, 2.75) is 39.8 Å². The minimum atomic E-state index is -5.08. The second kappa shape index (κ2) is 6.19. The van der Waals surface area contributed by atoms with E-state index in [-0.39, 0.29) is 16.6 Å². The molecule has 1 aliphatic rings. The molecule has 0 N–H and O–H groups in total. The van der Waals surface area contributed by atoms with E-state index in [1.165, 1.54) is 13.8 Å². The Labute approximate surface area is 149 Å². The normalized spacial score (nSPS) is 22.2. The highest BCUT2D eigenvalue weighted by molar-refractivity contribution is 9.10. The predicted molar refractivity (Wildman–Crippen MR) is 83.4 cm³/mol. The summed E-state index contributed by atoms with van der Waals surface area (Å²) in [4.78, 5) is 12.1. The Morgan fingerprint density at radius 2 is 2.04 bits per heavy atom. The van der Waals surface area contributed by atoms with Gasteiger partial charge in [-0.1, -0.05) is 15.9 Å². The zero-order valence-corrected chi connectivity index (χ0v) is 13.7. The number of ether oxygens (including phenoxy) is 2. The lowest BCUT2D eigenvalue weighted by atomic mass is 9.93. The van der Waals surface area contributed by atoms with Crippen LogP contribution in [-0.4, -0.2) is 24.9 Å². The van der Waals surface area contributed by atoms with Gasteiger partial charge in [-0.25, -0.2) is 4.79 Å². The third kappa shape index (κ3) is 3.11. The number of hydrogen-bond acceptors (Lipinski definition) is 3. The molecule has 1 aromatic carbocycles. The Kier molecular flexibility index (Phi) is 2.99. The van der Waals surface area contributed by atoms with Gasteiger partial charge in [0, 0.05) is 18.3 Å². The molecule has 0 aromatic heterocycles. The summed E-state index contributed by atoms with van der Waals surface area (Å²) < 4.78 is 96.6. The van der Waals surface area contributed by atoms with Crippen LogP contribution in [0.5, 0.6) is 5.75 Å². The van der Waals surface area contributed by atoms with Crippen molar-refractivity contribution in [1.29, 1.82) is 0 Å². The molecule has 0 bridgehead atoms. The number of hydrogen-bond donors (Lipinski definition) is 0. The minimum absolute atomic E-state index is 0.0937. The monoisotopic (exact) mass is 398 g/mol. The Balaban J connectivity index is 2.99. The van der Waals surface area contributed by atoms with Gasteiger partial charge in [-0.05, 0) is 50.3 Å². The van der Waals surface area contributed by atoms with Crippen molar-refractivity contribution < 1.29 is 35.7 Å².